The number of aryl methyl sites for hydroxylation is 2. The van der Waals surface area contributed by atoms with Gasteiger partial charge in [0.25, 0.3) is 0 Å². The van der Waals surface area contributed by atoms with Crippen LogP contribution in [0.25, 0.3) is 0 Å². The van der Waals surface area contributed by atoms with Crippen molar-refractivity contribution < 1.29 is 0 Å². The summed E-state index contributed by atoms with van der Waals surface area (Å²) in [4.78, 5) is 11.5. The molecule has 0 bridgehead atoms. The van der Waals surface area contributed by atoms with Crippen LogP contribution in [0.15, 0.2) is 6.20 Å². The summed E-state index contributed by atoms with van der Waals surface area (Å²) in [6, 6.07) is 0.562. The van der Waals surface area contributed by atoms with Gasteiger partial charge in [0.1, 0.15) is 5.82 Å². The maximum atomic E-state index is 4.66. The third kappa shape index (κ3) is 2.80. The van der Waals surface area contributed by atoms with Gasteiger partial charge in [-0.15, -0.1) is 0 Å². The van der Waals surface area contributed by atoms with E-state index in [0.717, 1.165) is 30.3 Å². The molecule has 1 aromatic rings. The van der Waals surface area contributed by atoms with Crippen molar-refractivity contribution in [2.24, 2.45) is 5.92 Å². The monoisotopic (exact) mass is 248 g/mol. The molecule has 2 unspecified atom stereocenters. The second kappa shape index (κ2) is 5.65. The number of aromatic nitrogens is 2. The standard InChI is InChI=1S/C14H24N4/c1-10-11(2)17-14(8-16-10)18-7-5-6-13(9-18)12(3)15-4/h8,12-13,15H,5-7,9H2,1-4H3. The number of piperidine rings is 1. The second-order valence-electron chi connectivity index (χ2n) is 5.32. The number of hydrogen-bond acceptors (Lipinski definition) is 4. The Morgan fingerprint density at radius 2 is 2.17 bits per heavy atom. The normalized spacial score (nSPS) is 22.0. The fourth-order valence-corrected chi connectivity index (χ4v) is 2.54. The van der Waals surface area contributed by atoms with E-state index in [-0.39, 0.29) is 0 Å². The Hall–Kier alpha value is -1.16. The third-order valence-corrected chi connectivity index (χ3v) is 4.12. The van der Waals surface area contributed by atoms with Crippen LogP contribution < -0.4 is 10.2 Å². The molecule has 0 amide bonds. The molecule has 0 aliphatic carbocycles. The number of nitrogens with one attached hydrogen (secondary N) is 1. The second-order valence-corrected chi connectivity index (χ2v) is 5.32. The molecular weight excluding hydrogens is 224 g/mol. The third-order valence-electron chi connectivity index (χ3n) is 4.12. The number of hydrogen-bond donors (Lipinski definition) is 1. The summed E-state index contributed by atoms with van der Waals surface area (Å²) in [5.41, 5.74) is 2.06. The van der Waals surface area contributed by atoms with E-state index in [1.54, 1.807) is 0 Å². The highest BCUT2D eigenvalue weighted by molar-refractivity contribution is 5.38. The van der Waals surface area contributed by atoms with E-state index in [2.05, 4.69) is 27.1 Å². The molecule has 1 aromatic heterocycles. The van der Waals surface area contributed by atoms with E-state index in [9.17, 15) is 0 Å². The van der Waals surface area contributed by atoms with Crippen LogP contribution in [0, 0.1) is 19.8 Å². The van der Waals surface area contributed by atoms with Crippen LogP contribution in [0.2, 0.25) is 0 Å². The fourth-order valence-electron chi connectivity index (χ4n) is 2.54. The zero-order valence-electron chi connectivity index (χ0n) is 11.9. The summed E-state index contributed by atoms with van der Waals surface area (Å²) in [6.45, 7) is 8.49. The molecule has 1 aliphatic rings. The maximum absolute atomic E-state index is 4.66. The Morgan fingerprint density at radius 3 is 2.83 bits per heavy atom. The molecule has 1 N–H and O–H groups in total. The Bertz CT molecular complexity index is 405. The van der Waals surface area contributed by atoms with Gasteiger partial charge in [0, 0.05) is 19.1 Å². The van der Waals surface area contributed by atoms with Crippen LogP contribution in [-0.4, -0.2) is 36.1 Å². The van der Waals surface area contributed by atoms with Crippen molar-refractivity contribution >= 4 is 5.82 Å². The molecule has 0 radical (unpaired) electrons. The molecule has 4 heteroatoms. The van der Waals surface area contributed by atoms with Crippen molar-refractivity contribution in [2.75, 3.05) is 25.0 Å². The van der Waals surface area contributed by atoms with Gasteiger partial charge in [0.15, 0.2) is 0 Å². The van der Waals surface area contributed by atoms with Crippen LogP contribution in [0.1, 0.15) is 31.2 Å². The first-order valence-corrected chi connectivity index (χ1v) is 6.84. The van der Waals surface area contributed by atoms with Crippen molar-refractivity contribution in [3.63, 3.8) is 0 Å². The summed E-state index contributed by atoms with van der Waals surface area (Å²) in [7, 11) is 2.04. The van der Waals surface area contributed by atoms with E-state index in [0.29, 0.717) is 12.0 Å². The van der Waals surface area contributed by atoms with E-state index >= 15 is 0 Å². The van der Waals surface area contributed by atoms with Gasteiger partial charge in [-0.2, -0.15) is 0 Å². The minimum atomic E-state index is 0.562. The number of nitrogens with zero attached hydrogens (tertiary/aromatic N) is 3. The minimum Gasteiger partial charge on any atom is -0.355 e. The summed E-state index contributed by atoms with van der Waals surface area (Å²) in [6.07, 6.45) is 4.46. The van der Waals surface area contributed by atoms with Gasteiger partial charge in [-0.1, -0.05) is 0 Å². The van der Waals surface area contributed by atoms with Crippen molar-refractivity contribution in [1.29, 1.82) is 0 Å². The van der Waals surface area contributed by atoms with Gasteiger partial charge in [-0.25, -0.2) is 4.98 Å². The first-order valence-electron chi connectivity index (χ1n) is 6.84. The molecule has 2 atom stereocenters. The van der Waals surface area contributed by atoms with Gasteiger partial charge in [-0.05, 0) is 46.6 Å². The lowest BCUT2D eigenvalue weighted by atomic mass is 9.92. The first kappa shape index (κ1) is 13.3. The van der Waals surface area contributed by atoms with Crippen molar-refractivity contribution in [1.82, 2.24) is 15.3 Å². The van der Waals surface area contributed by atoms with Crippen LogP contribution >= 0.6 is 0 Å². The predicted molar refractivity (Wildman–Crippen MR) is 75.0 cm³/mol. The SMILES string of the molecule is CNC(C)C1CCCN(c2cnc(C)c(C)n2)C1. The van der Waals surface area contributed by atoms with Gasteiger partial charge in [0.05, 0.1) is 17.6 Å². The van der Waals surface area contributed by atoms with Gasteiger partial charge >= 0.3 is 0 Å². The summed E-state index contributed by atoms with van der Waals surface area (Å²) in [5, 5.41) is 3.36. The molecule has 100 valence electrons. The van der Waals surface area contributed by atoms with Crippen molar-refractivity contribution in [3.8, 4) is 0 Å². The van der Waals surface area contributed by atoms with E-state index < -0.39 is 0 Å². The number of anilines is 1. The Kier molecular flexibility index (Phi) is 4.17. The highest BCUT2D eigenvalue weighted by Crippen LogP contribution is 2.23. The van der Waals surface area contributed by atoms with Gasteiger partial charge < -0.3 is 10.2 Å². The zero-order chi connectivity index (χ0) is 13.1. The van der Waals surface area contributed by atoms with E-state index in [1.807, 2.05) is 27.1 Å². The largest absolute Gasteiger partial charge is 0.355 e. The smallest absolute Gasteiger partial charge is 0.147 e. The lowest BCUT2D eigenvalue weighted by Crippen LogP contribution is -2.43. The van der Waals surface area contributed by atoms with E-state index in [4.69, 9.17) is 0 Å². The molecule has 1 saturated heterocycles. The maximum Gasteiger partial charge on any atom is 0.147 e. The molecule has 0 aromatic carbocycles. The highest BCUT2D eigenvalue weighted by Gasteiger charge is 2.24. The van der Waals surface area contributed by atoms with Crippen LogP contribution in [0.4, 0.5) is 5.82 Å². The average molecular weight is 248 g/mol. The molecule has 18 heavy (non-hydrogen) atoms. The lowest BCUT2D eigenvalue weighted by Gasteiger charge is -2.36. The van der Waals surface area contributed by atoms with Crippen LogP contribution in [-0.2, 0) is 0 Å². The highest BCUT2D eigenvalue weighted by atomic mass is 15.2. The van der Waals surface area contributed by atoms with E-state index in [1.165, 1.54) is 12.8 Å². The number of rotatable bonds is 3. The molecule has 0 spiro atoms. The summed E-state index contributed by atoms with van der Waals surface area (Å²) >= 11 is 0. The molecule has 0 saturated carbocycles. The minimum absolute atomic E-state index is 0.562. The lowest BCUT2D eigenvalue weighted by molar-refractivity contribution is 0.332. The summed E-state index contributed by atoms with van der Waals surface area (Å²) in [5.74, 6) is 1.73. The summed E-state index contributed by atoms with van der Waals surface area (Å²) < 4.78 is 0. The topological polar surface area (TPSA) is 41.0 Å². The molecular formula is C14H24N4. The van der Waals surface area contributed by atoms with Gasteiger partial charge in [0.2, 0.25) is 0 Å². The van der Waals surface area contributed by atoms with Crippen molar-refractivity contribution in [2.45, 2.75) is 39.7 Å². The Morgan fingerprint density at radius 1 is 1.39 bits per heavy atom. The van der Waals surface area contributed by atoms with Gasteiger partial charge in [-0.3, -0.25) is 4.98 Å². The van der Waals surface area contributed by atoms with Crippen LogP contribution in [0.3, 0.4) is 0 Å². The fraction of sp³-hybridized carbons (Fsp3) is 0.714. The molecule has 1 fully saturated rings. The molecule has 2 rings (SSSR count). The molecule has 2 heterocycles. The Balaban J connectivity index is 2.10. The Labute approximate surface area is 110 Å². The van der Waals surface area contributed by atoms with Crippen LogP contribution in [0.5, 0.6) is 0 Å². The quantitative estimate of drug-likeness (QED) is 0.887. The molecule has 1 aliphatic heterocycles. The zero-order valence-corrected chi connectivity index (χ0v) is 11.9. The first-order chi connectivity index (χ1) is 8.61. The molecule has 4 nitrogen and oxygen atoms in total. The predicted octanol–water partition coefficient (Wildman–Crippen LogP) is 1.92. The average Bonchev–Trinajstić information content (AvgIpc) is 2.41. The van der Waals surface area contributed by atoms with Crippen molar-refractivity contribution in [3.05, 3.63) is 17.6 Å².